The van der Waals surface area contributed by atoms with Crippen LogP contribution < -0.4 is 4.74 Å². The van der Waals surface area contributed by atoms with Gasteiger partial charge in [-0.1, -0.05) is 0 Å². The number of carboxylic acid groups (broad SMARTS) is 2. The summed E-state index contributed by atoms with van der Waals surface area (Å²) in [5, 5.41) is 16.9. The molecule has 0 radical (unpaired) electrons. The summed E-state index contributed by atoms with van der Waals surface area (Å²) in [7, 11) is 1.73. The largest absolute Gasteiger partial charge is 0.497 e. The van der Waals surface area contributed by atoms with E-state index in [9.17, 15) is 9.59 Å². The van der Waals surface area contributed by atoms with E-state index in [0.717, 1.165) is 64.8 Å². The van der Waals surface area contributed by atoms with Crippen molar-refractivity contribution < 1.29 is 29.3 Å². The standard InChI is InChI=1S/C18H25N3O2.C4H4O4/c1-22-17-2-3-18-15(13-17)12-16-14-20(6-7-21(16)18)5-4-19-8-10-23-11-9-19;5-3(6)1-2-4(7)8/h2-3,12-13H,4-11,14H2,1H3;1-2H,(H,5,6)(H,7,8)/b;2-1+. The molecule has 3 heterocycles. The molecule has 2 aliphatic heterocycles. The molecule has 2 N–H and O–H groups in total. The maximum absolute atomic E-state index is 9.55. The first kappa shape index (κ1) is 22.8. The predicted octanol–water partition coefficient (Wildman–Crippen LogP) is 1.51. The molecule has 9 nitrogen and oxygen atoms in total. The molecule has 1 aromatic carbocycles. The number of rotatable bonds is 6. The Labute approximate surface area is 181 Å². The van der Waals surface area contributed by atoms with E-state index in [1.807, 2.05) is 0 Å². The Kier molecular flexibility index (Phi) is 8.05. The van der Waals surface area contributed by atoms with E-state index in [4.69, 9.17) is 19.7 Å². The van der Waals surface area contributed by atoms with Crippen LogP contribution >= 0.6 is 0 Å². The zero-order valence-corrected chi connectivity index (χ0v) is 17.7. The van der Waals surface area contributed by atoms with E-state index in [1.165, 1.54) is 16.6 Å². The zero-order valence-electron chi connectivity index (χ0n) is 17.7. The van der Waals surface area contributed by atoms with Crippen molar-refractivity contribution in [1.82, 2.24) is 14.4 Å². The number of ether oxygens (including phenoxy) is 2. The average Bonchev–Trinajstić information content (AvgIpc) is 3.14. The average molecular weight is 431 g/mol. The molecule has 0 atom stereocenters. The van der Waals surface area contributed by atoms with Crippen LogP contribution in [0.3, 0.4) is 0 Å². The molecule has 9 heteroatoms. The number of carbonyl (C=O) groups is 2. The van der Waals surface area contributed by atoms with Gasteiger partial charge >= 0.3 is 11.9 Å². The smallest absolute Gasteiger partial charge is 0.328 e. The maximum atomic E-state index is 9.55. The SMILES string of the molecule is COc1ccc2c(c1)cc1n2CCN(CCN2CCOCC2)C1.O=C(O)/C=C/C(=O)O. The third-order valence-electron chi connectivity index (χ3n) is 5.42. The zero-order chi connectivity index (χ0) is 22.2. The van der Waals surface area contributed by atoms with Crippen molar-refractivity contribution in [3.8, 4) is 5.75 Å². The summed E-state index contributed by atoms with van der Waals surface area (Å²) in [5.74, 6) is -1.58. The lowest BCUT2D eigenvalue weighted by Crippen LogP contribution is -2.43. The normalized spacial score (nSPS) is 17.2. The molecule has 1 fully saturated rings. The van der Waals surface area contributed by atoms with Gasteiger partial charge in [-0.15, -0.1) is 0 Å². The number of carboxylic acids is 2. The Morgan fingerprint density at radius 2 is 1.68 bits per heavy atom. The summed E-state index contributed by atoms with van der Waals surface area (Å²) in [6.07, 6.45) is 1.12. The minimum atomic E-state index is -1.26. The van der Waals surface area contributed by atoms with Gasteiger partial charge in [-0.2, -0.15) is 0 Å². The van der Waals surface area contributed by atoms with Crippen LogP contribution in [0, 0.1) is 0 Å². The van der Waals surface area contributed by atoms with Crippen molar-refractivity contribution in [2.24, 2.45) is 0 Å². The highest BCUT2D eigenvalue weighted by Gasteiger charge is 2.20. The molecular weight excluding hydrogens is 402 g/mol. The molecule has 31 heavy (non-hydrogen) atoms. The minimum absolute atomic E-state index is 0.558. The lowest BCUT2D eigenvalue weighted by molar-refractivity contribution is -0.134. The van der Waals surface area contributed by atoms with Gasteiger partial charge in [0, 0.05) is 74.6 Å². The Morgan fingerprint density at radius 1 is 1.00 bits per heavy atom. The summed E-state index contributed by atoms with van der Waals surface area (Å²) in [4.78, 5) is 24.2. The summed E-state index contributed by atoms with van der Waals surface area (Å²) in [5.41, 5.74) is 2.75. The Balaban J connectivity index is 0.000000293. The lowest BCUT2D eigenvalue weighted by Gasteiger charge is -2.32. The van der Waals surface area contributed by atoms with Crippen molar-refractivity contribution in [2.75, 3.05) is 53.0 Å². The molecule has 1 aromatic heterocycles. The first-order chi connectivity index (χ1) is 15.0. The molecule has 0 aliphatic carbocycles. The van der Waals surface area contributed by atoms with Gasteiger partial charge in [0.15, 0.2) is 0 Å². The molecule has 0 bridgehead atoms. The first-order valence-electron chi connectivity index (χ1n) is 10.3. The van der Waals surface area contributed by atoms with Gasteiger partial charge in [0.05, 0.1) is 20.3 Å². The van der Waals surface area contributed by atoms with Crippen molar-refractivity contribution in [2.45, 2.75) is 13.1 Å². The van der Waals surface area contributed by atoms with E-state index in [0.29, 0.717) is 12.2 Å². The fourth-order valence-corrected chi connectivity index (χ4v) is 3.82. The third kappa shape index (κ3) is 6.55. The van der Waals surface area contributed by atoms with Gasteiger partial charge in [-0.25, -0.2) is 9.59 Å². The highest BCUT2D eigenvalue weighted by atomic mass is 16.5. The van der Waals surface area contributed by atoms with Crippen LogP contribution in [0.5, 0.6) is 5.75 Å². The van der Waals surface area contributed by atoms with Gasteiger partial charge in [0.25, 0.3) is 0 Å². The number of methoxy groups -OCH3 is 1. The summed E-state index contributed by atoms with van der Waals surface area (Å²) in [6.45, 7) is 9.47. The second kappa shape index (κ2) is 10.9. The van der Waals surface area contributed by atoms with Crippen molar-refractivity contribution >= 4 is 22.8 Å². The Bertz CT molecular complexity index is 917. The summed E-state index contributed by atoms with van der Waals surface area (Å²) < 4.78 is 13.2. The number of aromatic nitrogens is 1. The topological polar surface area (TPSA) is 104 Å². The van der Waals surface area contributed by atoms with Crippen LogP contribution in [0.2, 0.25) is 0 Å². The van der Waals surface area contributed by atoms with E-state index >= 15 is 0 Å². The van der Waals surface area contributed by atoms with Gasteiger partial charge in [0.2, 0.25) is 0 Å². The molecule has 0 unspecified atom stereocenters. The van der Waals surface area contributed by atoms with E-state index in [2.05, 4.69) is 38.6 Å². The Hall–Kier alpha value is -2.88. The fraction of sp³-hybridized carbons (Fsp3) is 0.455. The van der Waals surface area contributed by atoms with Crippen LogP contribution in [-0.2, 0) is 27.4 Å². The van der Waals surface area contributed by atoms with E-state index in [1.54, 1.807) is 7.11 Å². The van der Waals surface area contributed by atoms with E-state index < -0.39 is 11.9 Å². The monoisotopic (exact) mass is 431 g/mol. The molecule has 0 spiro atoms. The van der Waals surface area contributed by atoms with Crippen LogP contribution in [-0.4, -0.2) is 89.6 Å². The molecule has 0 amide bonds. The number of benzene rings is 1. The number of hydrogen-bond donors (Lipinski definition) is 2. The predicted molar refractivity (Wildman–Crippen MR) is 115 cm³/mol. The van der Waals surface area contributed by atoms with Crippen LogP contribution in [0.1, 0.15) is 5.69 Å². The highest BCUT2D eigenvalue weighted by Crippen LogP contribution is 2.27. The number of nitrogens with zero attached hydrogens (tertiary/aromatic N) is 3. The fourth-order valence-electron chi connectivity index (χ4n) is 3.82. The molecule has 2 aromatic rings. The Morgan fingerprint density at radius 3 is 2.32 bits per heavy atom. The van der Waals surface area contributed by atoms with Crippen LogP contribution in [0.25, 0.3) is 10.9 Å². The van der Waals surface area contributed by atoms with Gasteiger partial charge in [0.1, 0.15) is 5.75 Å². The van der Waals surface area contributed by atoms with Gasteiger partial charge < -0.3 is 24.3 Å². The highest BCUT2D eigenvalue weighted by molar-refractivity contribution is 5.89. The van der Waals surface area contributed by atoms with Gasteiger partial charge in [-0.3, -0.25) is 9.80 Å². The molecular formula is C22H29N3O6. The number of hydrogen-bond acceptors (Lipinski definition) is 6. The van der Waals surface area contributed by atoms with Crippen molar-refractivity contribution in [1.29, 1.82) is 0 Å². The maximum Gasteiger partial charge on any atom is 0.328 e. The van der Waals surface area contributed by atoms with E-state index in [-0.39, 0.29) is 0 Å². The number of aliphatic carboxylic acids is 2. The van der Waals surface area contributed by atoms with Crippen molar-refractivity contribution in [3.05, 3.63) is 42.1 Å². The van der Waals surface area contributed by atoms with Crippen LogP contribution in [0.4, 0.5) is 0 Å². The molecule has 1 saturated heterocycles. The molecule has 2 aliphatic rings. The second-order valence-corrected chi connectivity index (χ2v) is 7.45. The lowest BCUT2D eigenvalue weighted by atomic mass is 10.2. The summed E-state index contributed by atoms with van der Waals surface area (Å²) in [6, 6.07) is 8.69. The quantitative estimate of drug-likeness (QED) is 0.664. The molecule has 0 saturated carbocycles. The molecule has 4 rings (SSSR count). The van der Waals surface area contributed by atoms with Crippen molar-refractivity contribution in [3.63, 3.8) is 0 Å². The molecule has 168 valence electrons. The minimum Gasteiger partial charge on any atom is -0.497 e. The first-order valence-corrected chi connectivity index (χ1v) is 10.3. The third-order valence-corrected chi connectivity index (χ3v) is 5.42. The van der Waals surface area contributed by atoms with Crippen LogP contribution in [0.15, 0.2) is 36.4 Å². The number of morpholine rings is 1. The number of fused-ring (bicyclic) bond motifs is 3. The second-order valence-electron chi connectivity index (χ2n) is 7.45. The summed E-state index contributed by atoms with van der Waals surface area (Å²) >= 11 is 0. The van der Waals surface area contributed by atoms with Gasteiger partial charge in [-0.05, 0) is 24.3 Å².